The summed E-state index contributed by atoms with van der Waals surface area (Å²) in [7, 11) is 0. The predicted molar refractivity (Wildman–Crippen MR) is 66.9 cm³/mol. The minimum Gasteiger partial charge on any atom is -0.394 e. The number of aliphatic hydroxyl groups is 2. The third-order valence-electron chi connectivity index (χ3n) is 2.20. The van der Waals surface area contributed by atoms with E-state index >= 15 is 0 Å². The lowest BCUT2D eigenvalue weighted by atomic mass is 10.1. The Morgan fingerprint density at radius 2 is 2.22 bits per heavy atom. The normalized spacial score (nSPS) is 12.2. The van der Waals surface area contributed by atoms with E-state index in [0.717, 1.165) is 0 Å². The quantitative estimate of drug-likeness (QED) is 0.349. The third kappa shape index (κ3) is 3.80. The molecule has 1 rings (SSSR count). The zero-order valence-corrected chi connectivity index (χ0v) is 10.5. The van der Waals surface area contributed by atoms with Gasteiger partial charge in [0.25, 0.3) is 5.69 Å². The van der Waals surface area contributed by atoms with Crippen LogP contribution in [0, 0.1) is 10.1 Å². The van der Waals surface area contributed by atoms with Crippen LogP contribution in [-0.2, 0) is 0 Å². The van der Waals surface area contributed by atoms with E-state index in [1.165, 1.54) is 36.9 Å². The Bertz CT molecular complexity index is 463. The lowest BCUT2D eigenvalue weighted by molar-refractivity contribution is -0.385. The van der Waals surface area contributed by atoms with Crippen LogP contribution in [0.3, 0.4) is 0 Å². The fraction of sp³-hybridized carbons (Fsp3) is 0.364. The van der Waals surface area contributed by atoms with E-state index in [9.17, 15) is 20.0 Å². The first-order valence-electron chi connectivity index (χ1n) is 5.16. The van der Waals surface area contributed by atoms with Gasteiger partial charge in [-0.25, -0.2) is 0 Å². The topological polar surface area (TPSA) is 101 Å². The molecule has 0 radical (unpaired) electrons. The molecule has 0 heterocycles. The molecule has 1 atom stereocenters. The van der Waals surface area contributed by atoms with Crippen molar-refractivity contribution < 1.29 is 19.9 Å². The predicted octanol–water partition coefficient (Wildman–Crippen LogP) is 1.24. The number of nitro groups is 1. The van der Waals surface area contributed by atoms with Gasteiger partial charge in [-0.1, -0.05) is 0 Å². The molecule has 2 N–H and O–H groups in total. The molecule has 0 fully saturated rings. The number of benzene rings is 1. The van der Waals surface area contributed by atoms with Gasteiger partial charge < -0.3 is 10.2 Å². The van der Waals surface area contributed by atoms with Crippen LogP contribution in [0.2, 0.25) is 0 Å². The van der Waals surface area contributed by atoms with Crippen molar-refractivity contribution in [3.05, 3.63) is 33.9 Å². The van der Waals surface area contributed by atoms with Gasteiger partial charge in [-0.3, -0.25) is 14.9 Å². The van der Waals surface area contributed by atoms with Crippen LogP contribution >= 0.6 is 11.8 Å². The summed E-state index contributed by atoms with van der Waals surface area (Å²) in [6, 6.07) is 4.21. The van der Waals surface area contributed by atoms with Crippen LogP contribution in [0.1, 0.15) is 17.3 Å². The number of hydrogen-bond donors (Lipinski definition) is 2. The summed E-state index contributed by atoms with van der Waals surface area (Å²) in [5.41, 5.74) is -0.182. The lowest BCUT2D eigenvalue weighted by Crippen LogP contribution is -2.14. The second kappa shape index (κ2) is 6.48. The van der Waals surface area contributed by atoms with Gasteiger partial charge in [-0.15, -0.1) is 11.8 Å². The molecule has 1 aromatic rings. The Labute approximate surface area is 108 Å². The van der Waals surface area contributed by atoms with Crippen molar-refractivity contribution >= 4 is 23.2 Å². The second-order valence-corrected chi connectivity index (χ2v) is 4.73. The Balaban J connectivity index is 2.93. The molecule has 0 saturated carbocycles. The van der Waals surface area contributed by atoms with Gasteiger partial charge >= 0.3 is 0 Å². The Hall–Kier alpha value is -1.44. The molecule has 0 aliphatic heterocycles. The molecule has 0 spiro atoms. The van der Waals surface area contributed by atoms with Crippen LogP contribution in [0.15, 0.2) is 23.1 Å². The van der Waals surface area contributed by atoms with Crippen molar-refractivity contribution in [2.24, 2.45) is 0 Å². The van der Waals surface area contributed by atoms with Crippen molar-refractivity contribution in [2.45, 2.75) is 17.9 Å². The molecule has 1 aromatic carbocycles. The number of carbonyl (C=O) groups is 1. The number of thioether (sulfide) groups is 1. The largest absolute Gasteiger partial charge is 0.394 e. The Morgan fingerprint density at radius 3 is 2.72 bits per heavy atom. The second-order valence-electron chi connectivity index (χ2n) is 3.64. The van der Waals surface area contributed by atoms with Gasteiger partial charge in [-0.2, -0.15) is 0 Å². The number of nitrogens with zero attached hydrogens (tertiary/aromatic N) is 1. The van der Waals surface area contributed by atoms with Crippen LogP contribution in [0.4, 0.5) is 5.69 Å². The highest BCUT2D eigenvalue weighted by molar-refractivity contribution is 7.99. The monoisotopic (exact) mass is 271 g/mol. The number of rotatable bonds is 6. The molecule has 98 valence electrons. The van der Waals surface area contributed by atoms with E-state index < -0.39 is 11.0 Å². The molecule has 1 unspecified atom stereocenters. The minimum absolute atomic E-state index is 0.0449. The summed E-state index contributed by atoms with van der Waals surface area (Å²) < 4.78 is 0. The van der Waals surface area contributed by atoms with Crippen molar-refractivity contribution in [2.75, 3.05) is 12.4 Å². The fourth-order valence-electron chi connectivity index (χ4n) is 1.29. The maximum absolute atomic E-state index is 11.3. The van der Waals surface area contributed by atoms with Crippen LogP contribution < -0.4 is 0 Å². The molecular formula is C11H13NO5S. The summed E-state index contributed by atoms with van der Waals surface area (Å²) in [6.07, 6.45) is -0.856. The molecule has 0 amide bonds. The van der Waals surface area contributed by atoms with Gasteiger partial charge in [0.05, 0.1) is 23.2 Å². The van der Waals surface area contributed by atoms with Crippen LogP contribution in [0.5, 0.6) is 0 Å². The maximum atomic E-state index is 11.3. The summed E-state index contributed by atoms with van der Waals surface area (Å²) in [4.78, 5) is 22.1. The van der Waals surface area contributed by atoms with Crippen molar-refractivity contribution in [1.29, 1.82) is 0 Å². The molecular weight excluding hydrogens is 258 g/mol. The minimum atomic E-state index is -0.856. The van der Waals surface area contributed by atoms with Gasteiger partial charge in [-0.05, 0) is 19.1 Å². The van der Waals surface area contributed by atoms with Crippen LogP contribution in [0.25, 0.3) is 0 Å². The van der Waals surface area contributed by atoms with Gasteiger partial charge in [0, 0.05) is 16.7 Å². The molecule has 0 aromatic heterocycles. The van der Waals surface area contributed by atoms with Crippen molar-refractivity contribution in [3.8, 4) is 0 Å². The first kappa shape index (κ1) is 14.6. The molecule has 0 bridgehead atoms. The van der Waals surface area contributed by atoms with Gasteiger partial charge in [0.15, 0.2) is 5.78 Å². The molecule has 0 saturated heterocycles. The smallest absolute Gasteiger partial charge is 0.280 e. The van der Waals surface area contributed by atoms with Gasteiger partial charge in [0.1, 0.15) is 0 Å². The molecule has 0 aliphatic rings. The van der Waals surface area contributed by atoms with E-state index in [1.807, 2.05) is 0 Å². The highest BCUT2D eigenvalue weighted by Gasteiger charge is 2.17. The first-order valence-corrected chi connectivity index (χ1v) is 6.15. The summed E-state index contributed by atoms with van der Waals surface area (Å²) in [5, 5.41) is 28.6. The summed E-state index contributed by atoms with van der Waals surface area (Å²) >= 11 is 1.22. The number of Topliss-reactive ketones (excluding diaryl/α,β-unsaturated/α-hetero) is 1. The highest BCUT2D eigenvalue weighted by atomic mass is 32.2. The average molecular weight is 271 g/mol. The van der Waals surface area contributed by atoms with E-state index in [-0.39, 0.29) is 29.4 Å². The zero-order chi connectivity index (χ0) is 13.7. The number of carbonyl (C=O) groups excluding carboxylic acids is 1. The van der Waals surface area contributed by atoms with Gasteiger partial charge in [0.2, 0.25) is 0 Å². The van der Waals surface area contributed by atoms with E-state index in [0.29, 0.717) is 4.90 Å². The number of nitro benzene ring substituents is 1. The molecule has 6 nitrogen and oxygen atoms in total. The van der Waals surface area contributed by atoms with E-state index in [2.05, 4.69) is 0 Å². The maximum Gasteiger partial charge on any atom is 0.280 e. The summed E-state index contributed by atoms with van der Waals surface area (Å²) in [6.45, 7) is 0.916. The zero-order valence-electron chi connectivity index (χ0n) is 9.70. The van der Waals surface area contributed by atoms with Crippen molar-refractivity contribution in [3.63, 3.8) is 0 Å². The fourth-order valence-corrected chi connectivity index (χ4v) is 2.15. The van der Waals surface area contributed by atoms with E-state index in [1.54, 1.807) is 0 Å². The van der Waals surface area contributed by atoms with Crippen LogP contribution in [-0.4, -0.2) is 39.4 Å². The van der Waals surface area contributed by atoms with Crippen molar-refractivity contribution in [1.82, 2.24) is 0 Å². The average Bonchev–Trinajstić information content (AvgIpc) is 2.35. The Morgan fingerprint density at radius 1 is 1.56 bits per heavy atom. The molecule has 18 heavy (non-hydrogen) atoms. The number of ketones is 1. The molecule has 7 heteroatoms. The summed E-state index contributed by atoms with van der Waals surface area (Å²) in [5.74, 6) is -0.127. The highest BCUT2D eigenvalue weighted by Crippen LogP contribution is 2.26. The standard InChI is InChI=1S/C11H13NO5S/c1-7(14)10-4-9(18-6-8(15)5-13)2-3-11(10)12(16)17/h2-4,8,13,15H,5-6H2,1H3. The molecule has 0 aliphatic carbocycles. The third-order valence-corrected chi connectivity index (χ3v) is 3.34. The number of aliphatic hydroxyl groups excluding tert-OH is 2. The number of hydrogen-bond acceptors (Lipinski definition) is 6. The SMILES string of the molecule is CC(=O)c1cc(SCC(O)CO)ccc1[N+](=O)[O-]. The van der Waals surface area contributed by atoms with E-state index in [4.69, 9.17) is 5.11 Å². The lowest BCUT2D eigenvalue weighted by Gasteiger charge is -2.07. The first-order chi connectivity index (χ1) is 8.45. The Kier molecular flexibility index (Phi) is 5.26.